The molecular formula is C28H24N3+. The summed E-state index contributed by atoms with van der Waals surface area (Å²) in [6, 6.07) is 17.7. The van der Waals surface area contributed by atoms with Crippen LogP contribution in [0.15, 0.2) is 54.7 Å². The van der Waals surface area contributed by atoms with E-state index in [1.165, 1.54) is 60.1 Å². The third-order valence-corrected chi connectivity index (χ3v) is 7.06. The lowest BCUT2D eigenvalue weighted by molar-refractivity contribution is -0.644. The minimum Gasteiger partial charge on any atom is -0.306 e. The molecule has 0 saturated carbocycles. The molecule has 0 aliphatic carbocycles. The fraction of sp³-hybridized carbons (Fsp3) is 0.214. The number of fused-ring (bicyclic) bond motifs is 5. The fourth-order valence-electron chi connectivity index (χ4n) is 5.43. The van der Waals surface area contributed by atoms with Crippen LogP contribution in [-0.2, 0) is 12.6 Å². The first kappa shape index (κ1) is 18.2. The predicted molar refractivity (Wildman–Crippen MR) is 129 cm³/mol. The second-order valence-corrected chi connectivity index (χ2v) is 9.36. The third kappa shape index (κ3) is 2.15. The van der Waals surface area contributed by atoms with E-state index in [1.54, 1.807) is 0 Å². The molecule has 31 heavy (non-hydrogen) atoms. The molecule has 3 aromatic carbocycles. The Morgan fingerprint density at radius 2 is 1.68 bits per heavy atom. The highest BCUT2D eigenvalue weighted by Crippen LogP contribution is 2.41. The molecule has 0 fully saturated rings. The van der Waals surface area contributed by atoms with Gasteiger partial charge in [0.05, 0.1) is 16.4 Å². The van der Waals surface area contributed by atoms with E-state index >= 15 is 0 Å². The summed E-state index contributed by atoms with van der Waals surface area (Å²) in [7, 11) is 2.14. The summed E-state index contributed by atoms with van der Waals surface area (Å²) in [5, 5.41) is 6.46. The first-order chi connectivity index (χ1) is 14.8. The molecule has 0 aliphatic rings. The van der Waals surface area contributed by atoms with Gasteiger partial charge in [0.1, 0.15) is 12.6 Å². The Labute approximate surface area is 181 Å². The summed E-state index contributed by atoms with van der Waals surface area (Å²) < 4.78 is 4.69. The monoisotopic (exact) mass is 402 g/mol. The molecule has 3 heterocycles. The SMILES string of the molecule is [C-]#[N+]C(C)(C)c1ccc2c3cc[n+](C)c4c5c(C)cc(C)c6cccc(c65)n(c2c1)c34. The summed E-state index contributed by atoms with van der Waals surface area (Å²) in [5.41, 5.74) is 8.05. The van der Waals surface area contributed by atoms with Gasteiger partial charge in [0.25, 0.3) is 5.54 Å². The topological polar surface area (TPSA) is 12.7 Å². The first-order valence-corrected chi connectivity index (χ1v) is 10.7. The second-order valence-electron chi connectivity index (χ2n) is 9.36. The van der Waals surface area contributed by atoms with E-state index in [0.717, 1.165) is 5.56 Å². The van der Waals surface area contributed by atoms with Crippen molar-refractivity contribution in [3.8, 4) is 0 Å². The number of hydrogen-bond donors (Lipinski definition) is 0. The van der Waals surface area contributed by atoms with E-state index in [4.69, 9.17) is 6.57 Å². The lowest BCUT2D eigenvalue weighted by Crippen LogP contribution is -2.29. The highest BCUT2D eigenvalue weighted by molar-refractivity contribution is 6.26. The van der Waals surface area contributed by atoms with Crippen molar-refractivity contribution in [3.63, 3.8) is 0 Å². The molecule has 0 radical (unpaired) electrons. The lowest BCUT2D eigenvalue weighted by Gasteiger charge is -2.15. The summed E-state index contributed by atoms with van der Waals surface area (Å²) >= 11 is 0. The molecule has 0 amide bonds. The Balaban J connectivity index is 2.01. The van der Waals surface area contributed by atoms with Gasteiger partial charge in [-0.15, -0.1) is 0 Å². The largest absolute Gasteiger partial charge is 0.306 e. The van der Waals surface area contributed by atoms with Crippen LogP contribution in [0.2, 0.25) is 0 Å². The van der Waals surface area contributed by atoms with Crippen LogP contribution in [0.25, 0.3) is 53.8 Å². The van der Waals surface area contributed by atoms with E-state index in [2.05, 4.69) is 89.4 Å². The molecule has 0 N–H and O–H groups in total. The van der Waals surface area contributed by atoms with Gasteiger partial charge in [-0.1, -0.05) is 30.3 Å². The van der Waals surface area contributed by atoms with Gasteiger partial charge in [0.2, 0.25) is 5.52 Å². The maximum Gasteiger partial charge on any atom is 0.252 e. The Bertz CT molecular complexity index is 1740. The number of aromatic nitrogens is 2. The minimum absolute atomic E-state index is 0.551. The van der Waals surface area contributed by atoms with Crippen LogP contribution in [0, 0.1) is 20.4 Å². The molecule has 0 atom stereocenters. The first-order valence-electron chi connectivity index (χ1n) is 10.7. The normalized spacial score (nSPS) is 12.6. The minimum atomic E-state index is -0.551. The van der Waals surface area contributed by atoms with Crippen LogP contribution in [0.5, 0.6) is 0 Å². The van der Waals surface area contributed by atoms with Gasteiger partial charge >= 0.3 is 0 Å². The Morgan fingerprint density at radius 3 is 2.45 bits per heavy atom. The van der Waals surface area contributed by atoms with Crippen molar-refractivity contribution < 1.29 is 4.57 Å². The van der Waals surface area contributed by atoms with Gasteiger partial charge in [-0.05, 0) is 42.5 Å². The maximum atomic E-state index is 7.68. The molecule has 6 aromatic rings. The number of nitrogens with zero attached hydrogens (tertiary/aromatic N) is 3. The molecule has 0 saturated heterocycles. The van der Waals surface area contributed by atoms with Gasteiger partial charge in [-0.2, -0.15) is 4.57 Å². The predicted octanol–water partition coefficient (Wildman–Crippen LogP) is 6.59. The molecule has 0 spiro atoms. The van der Waals surface area contributed by atoms with E-state index in [0.29, 0.717) is 0 Å². The van der Waals surface area contributed by atoms with Crippen molar-refractivity contribution in [2.75, 3.05) is 0 Å². The smallest absolute Gasteiger partial charge is 0.252 e. The van der Waals surface area contributed by atoms with Crippen LogP contribution in [0.1, 0.15) is 30.5 Å². The quantitative estimate of drug-likeness (QED) is 0.127. The van der Waals surface area contributed by atoms with Crippen LogP contribution in [0.3, 0.4) is 0 Å². The molecule has 0 bridgehead atoms. The second kappa shape index (κ2) is 5.74. The fourth-order valence-corrected chi connectivity index (χ4v) is 5.43. The standard InChI is InChI=1S/C28H24N3/c1-16-14-17(2)24-25-19(16)8-7-9-22(25)31-23-15-18(28(3,4)29-5)10-11-20(23)21-12-13-30(6)27(24)26(21)31/h7-15H,1-4,6H3/q+1. The number of benzene rings is 3. The maximum absolute atomic E-state index is 7.68. The zero-order valence-electron chi connectivity index (χ0n) is 18.5. The van der Waals surface area contributed by atoms with Gasteiger partial charge in [-0.25, -0.2) is 6.57 Å². The Morgan fingerprint density at radius 1 is 0.871 bits per heavy atom. The number of pyridine rings is 2. The summed E-state index contributed by atoms with van der Waals surface area (Å²) in [5.74, 6) is 0. The molecule has 150 valence electrons. The van der Waals surface area contributed by atoms with Crippen molar-refractivity contribution in [2.24, 2.45) is 7.05 Å². The molecule has 3 aromatic heterocycles. The zero-order chi connectivity index (χ0) is 21.7. The molecule has 0 unspecified atom stereocenters. The average Bonchev–Trinajstić information content (AvgIpc) is 3.09. The van der Waals surface area contributed by atoms with Crippen molar-refractivity contribution in [2.45, 2.75) is 33.2 Å². The van der Waals surface area contributed by atoms with E-state index in [1.807, 2.05) is 13.8 Å². The van der Waals surface area contributed by atoms with E-state index in [-0.39, 0.29) is 0 Å². The van der Waals surface area contributed by atoms with Gasteiger partial charge in [0, 0.05) is 41.6 Å². The Hall–Kier alpha value is -3.64. The number of aryl methyl sites for hydroxylation is 3. The summed E-state index contributed by atoms with van der Waals surface area (Å²) in [4.78, 5) is 3.89. The number of rotatable bonds is 1. The zero-order valence-corrected chi connectivity index (χ0v) is 18.5. The van der Waals surface area contributed by atoms with Crippen molar-refractivity contribution in [1.29, 1.82) is 0 Å². The van der Waals surface area contributed by atoms with Gasteiger partial charge in [0.15, 0.2) is 6.20 Å². The van der Waals surface area contributed by atoms with Gasteiger partial charge in [-0.3, -0.25) is 0 Å². The molecular weight excluding hydrogens is 378 g/mol. The Kier molecular flexibility index (Phi) is 3.36. The molecule has 3 nitrogen and oxygen atoms in total. The van der Waals surface area contributed by atoms with Crippen LogP contribution >= 0.6 is 0 Å². The van der Waals surface area contributed by atoms with Crippen LogP contribution in [-0.4, -0.2) is 4.40 Å². The van der Waals surface area contributed by atoms with E-state index < -0.39 is 5.54 Å². The summed E-state index contributed by atoms with van der Waals surface area (Å²) in [6.45, 7) is 16.1. The number of hydrogen-bond acceptors (Lipinski definition) is 0. The highest BCUT2D eigenvalue weighted by Gasteiger charge is 2.29. The van der Waals surface area contributed by atoms with E-state index in [9.17, 15) is 0 Å². The molecule has 3 heteroatoms. The van der Waals surface area contributed by atoms with Crippen LogP contribution in [0.4, 0.5) is 0 Å². The lowest BCUT2D eigenvalue weighted by atomic mass is 9.94. The highest BCUT2D eigenvalue weighted by atomic mass is 15.0. The third-order valence-electron chi connectivity index (χ3n) is 7.06. The average molecular weight is 403 g/mol. The van der Waals surface area contributed by atoms with Crippen molar-refractivity contribution in [3.05, 3.63) is 82.8 Å². The van der Waals surface area contributed by atoms with Crippen LogP contribution < -0.4 is 4.57 Å². The summed E-state index contributed by atoms with van der Waals surface area (Å²) in [6.07, 6.45) is 2.18. The van der Waals surface area contributed by atoms with Crippen molar-refractivity contribution in [1.82, 2.24) is 4.40 Å². The molecule has 6 rings (SSSR count). The molecule has 0 aliphatic heterocycles. The van der Waals surface area contributed by atoms with Gasteiger partial charge < -0.3 is 9.25 Å². The van der Waals surface area contributed by atoms with Crippen molar-refractivity contribution >= 4 is 49.0 Å².